The van der Waals surface area contributed by atoms with Crippen molar-refractivity contribution < 1.29 is 13.8 Å². The molecule has 0 aromatic heterocycles. The lowest BCUT2D eigenvalue weighted by molar-refractivity contribution is -0.137. The van der Waals surface area contributed by atoms with Crippen LogP contribution in [-0.4, -0.2) is 30.2 Å². The van der Waals surface area contributed by atoms with E-state index in [0.29, 0.717) is 0 Å². The van der Waals surface area contributed by atoms with Crippen molar-refractivity contribution in [3.63, 3.8) is 0 Å². The van der Waals surface area contributed by atoms with Crippen LogP contribution in [0.4, 0.5) is 0 Å². The Balaban J connectivity index is 2.39. The van der Waals surface area contributed by atoms with E-state index in [0.717, 1.165) is 0 Å². The summed E-state index contributed by atoms with van der Waals surface area (Å²) in [6, 6.07) is 0. The molecule has 0 aromatic carbocycles. The SMILES string of the molecule is [N-]=[N+]=C1C=CN2C(=O)C[C@H]2S1=O. The fraction of sp³-hybridized carbons (Fsp3) is 0.333. The zero-order chi connectivity index (χ0) is 8.72. The first-order valence-corrected chi connectivity index (χ1v) is 4.57. The summed E-state index contributed by atoms with van der Waals surface area (Å²) in [4.78, 5) is 15.1. The third-order valence-electron chi connectivity index (χ3n) is 1.88. The van der Waals surface area contributed by atoms with Crippen LogP contribution in [0.5, 0.6) is 0 Å². The van der Waals surface area contributed by atoms with Gasteiger partial charge in [0.15, 0.2) is 10.8 Å². The molecule has 0 N–H and O–H groups in total. The van der Waals surface area contributed by atoms with E-state index in [-0.39, 0.29) is 22.7 Å². The Kier molecular flexibility index (Phi) is 1.46. The first kappa shape index (κ1) is 7.39. The number of rotatable bonds is 0. The largest absolute Gasteiger partial charge is 0.382 e. The van der Waals surface area contributed by atoms with Crippen molar-refractivity contribution >= 4 is 21.8 Å². The first-order chi connectivity index (χ1) is 5.74. The molecule has 1 saturated heterocycles. The molecule has 2 rings (SSSR count). The first-order valence-electron chi connectivity index (χ1n) is 3.36. The minimum Gasteiger partial charge on any atom is -0.360 e. The number of hydrogen-bond donors (Lipinski definition) is 0. The summed E-state index contributed by atoms with van der Waals surface area (Å²) in [7, 11) is -1.37. The molecule has 6 heteroatoms. The molecular weight excluding hydrogens is 178 g/mol. The Bertz CT molecular complexity index is 356. The van der Waals surface area contributed by atoms with Crippen molar-refractivity contribution in [2.75, 3.05) is 0 Å². The molecule has 0 aromatic rings. The molecular formula is C6H5N3O2S. The van der Waals surface area contributed by atoms with Crippen LogP contribution >= 0.6 is 0 Å². The number of β-lactam (4-membered cyclic amide) rings is 1. The van der Waals surface area contributed by atoms with E-state index in [1.54, 1.807) is 0 Å². The number of carbonyl (C=O) groups is 1. The lowest BCUT2D eigenvalue weighted by Crippen LogP contribution is -2.54. The van der Waals surface area contributed by atoms with Gasteiger partial charge in [-0.1, -0.05) is 0 Å². The quantitative estimate of drug-likeness (QED) is 0.287. The summed E-state index contributed by atoms with van der Waals surface area (Å²) in [5, 5.41) is -0.183. The zero-order valence-corrected chi connectivity index (χ0v) is 6.82. The van der Waals surface area contributed by atoms with Crippen molar-refractivity contribution in [1.82, 2.24) is 4.90 Å². The number of hydrogen-bond acceptors (Lipinski definition) is 2. The molecule has 0 saturated carbocycles. The molecule has 2 heterocycles. The highest BCUT2D eigenvalue weighted by Crippen LogP contribution is 2.26. The highest BCUT2D eigenvalue weighted by atomic mass is 32.2. The van der Waals surface area contributed by atoms with Crippen molar-refractivity contribution in [3.05, 3.63) is 17.8 Å². The topological polar surface area (TPSA) is 73.8 Å². The van der Waals surface area contributed by atoms with Crippen LogP contribution in [0.2, 0.25) is 0 Å². The Morgan fingerprint density at radius 3 is 3.08 bits per heavy atom. The molecule has 12 heavy (non-hydrogen) atoms. The highest BCUT2D eigenvalue weighted by Gasteiger charge is 2.45. The second kappa shape index (κ2) is 2.36. The molecule has 0 bridgehead atoms. The summed E-state index contributed by atoms with van der Waals surface area (Å²) in [5.74, 6) is -0.0402. The molecule has 2 atom stereocenters. The van der Waals surface area contributed by atoms with Gasteiger partial charge in [0.25, 0.3) is 0 Å². The van der Waals surface area contributed by atoms with Gasteiger partial charge in [0.05, 0.1) is 12.5 Å². The van der Waals surface area contributed by atoms with Crippen molar-refractivity contribution in [2.24, 2.45) is 0 Å². The molecule has 1 unspecified atom stereocenters. The lowest BCUT2D eigenvalue weighted by Gasteiger charge is -2.37. The van der Waals surface area contributed by atoms with E-state index < -0.39 is 10.8 Å². The summed E-state index contributed by atoms with van der Waals surface area (Å²) in [6.45, 7) is 0. The van der Waals surface area contributed by atoms with Crippen LogP contribution in [0.1, 0.15) is 6.42 Å². The van der Waals surface area contributed by atoms with E-state index in [1.165, 1.54) is 17.2 Å². The molecule has 62 valence electrons. The molecule has 1 amide bonds. The minimum atomic E-state index is -1.37. The van der Waals surface area contributed by atoms with Gasteiger partial charge in [0.1, 0.15) is 5.37 Å². The predicted molar refractivity (Wildman–Crippen MR) is 41.2 cm³/mol. The Labute approximate surface area is 70.7 Å². The van der Waals surface area contributed by atoms with Gasteiger partial charge in [-0.05, 0) is 0 Å². The highest BCUT2D eigenvalue weighted by molar-refractivity contribution is 8.01. The van der Waals surface area contributed by atoms with Crippen LogP contribution < -0.4 is 0 Å². The van der Waals surface area contributed by atoms with Crippen LogP contribution in [0.25, 0.3) is 5.53 Å². The number of amides is 1. The monoisotopic (exact) mass is 183 g/mol. The summed E-state index contributed by atoms with van der Waals surface area (Å²) < 4.78 is 11.3. The standard InChI is InChI=1S/C6H5N3O2S/c7-8-4-1-2-9-5(10)3-6(9)12(4)11/h1-2,6H,3H2/t6-,12?/m1/s1. The normalized spacial score (nSPS) is 32.5. The maximum Gasteiger partial charge on any atom is 0.382 e. The van der Waals surface area contributed by atoms with Crippen LogP contribution in [0.3, 0.4) is 0 Å². The fourth-order valence-electron chi connectivity index (χ4n) is 1.18. The Hall–Kier alpha value is -1.26. The van der Waals surface area contributed by atoms with Crippen LogP contribution in [-0.2, 0) is 15.6 Å². The maximum atomic E-state index is 11.3. The van der Waals surface area contributed by atoms with E-state index in [2.05, 4.69) is 4.79 Å². The molecule has 0 spiro atoms. The van der Waals surface area contributed by atoms with Gasteiger partial charge in [0.2, 0.25) is 5.91 Å². The van der Waals surface area contributed by atoms with Crippen molar-refractivity contribution in [2.45, 2.75) is 11.8 Å². The average molecular weight is 183 g/mol. The van der Waals surface area contributed by atoms with Gasteiger partial charge in [-0.2, -0.15) is 4.79 Å². The van der Waals surface area contributed by atoms with Gasteiger partial charge >= 0.3 is 5.04 Å². The van der Waals surface area contributed by atoms with Gasteiger partial charge in [0, 0.05) is 6.20 Å². The van der Waals surface area contributed by atoms with Gasteiger partial charge < -0.3 is 10.4 Å². The third kappa shape index (κ3) is 0.790. The minimum absolute atomic E-state index is 0.0402. The summed E-state index contributed by atoms with van der Waals surface area (Å²) in [6.07, 6.45) is 3.15. The van der Waals surface area contributed by atoms with Crippen molar-refractivity contribution in [3.8, 4) is 0 Å². The van der Waals surface area contributed by atoms with Crippen LogP contribution in [0.15, 0.2) is 12.3 Å². The second-order valence-electron chi connectivity index (χ2n) is 2.51. The van der Waals surface area contributed by atoms with Crippen LogP contribution in [0, 0.1) is 0 Å². The molecule has 2 aliphatic rings. The fourth-order valence-corrected chi connectivity index (χ4v) is 2.43. The zero-order valence-electron chi connectivity index (χ0n) is 6.01. The number of fused-ring (bicyclic) bond motifs is 1. The molecule has 2 aliphatic heterocycles. The molecule has 0 radical (unpaired) electrons. The summed E-state index contributed by atoms with van der Waals surface area (Å²) in [5.41, 5.74) is 8.40. The number of nitrogens with zero attached hydrogens (tertiary/aromatic N) is 3. The van der Waals surface area contributed by atoms with Gasteiger partial charge in [-0.25, -0.2) is 4.21 Å². The molecule has 0 aliphatic carbocycles. The number of carbonyl (C=O) groups excluding carboxylic acids is 1. The Morgan fingerprint density at radius 1 is 1.75 bits per heavy atom. The maximum absolute atomic E-state index is 11.3. The van der Waals surface area contributed by atoms with Crippen molar-refractivity contribution in [1.29, 1.82) is 0 Å². The molecule has 5 nitrogen and oxygen atoms in total. The third-order valence-corrected chi connectivity index (χ3v) is 3.39. The van der Waals surface area contributed by atoms with E-state index >= 15 is 0 Å². The predicted octanol–water partition coefficient (Wildman–Crippen LogP) is -0.551. The van der Waals surface area contributed by atoms with E-state index in [9.17, 15) is 9.00 Å². The Morgan fingerprint density at radius 2 is 2.50 bits per heavy atom. The lowest BCUT2D eigenvalue weighted by atomic mass is 10.2. The summed E-state index contributed by atoms with van der Waals surface area (Å²) >= 11 is 0. The second-order valence-corrected chi connectivity index (χ2v) is 4.07. The van der Waals surface area contributed by atoms with Gasteiger partial charge in [-0.3, -0.25) is 4.79 Å². The smallest absolute Gasteiger partial charge is 0.360 e. The van der Waals surface area contributed by atoms with E-state index in [4.69, 9.17) is 5.53 Å². The molecule has 1 fully saturated rings. The van der Waals surface area contributed by atoms with E-state index in [1.807, 2.05) is 0 Å². The average Bonchev–Trinajstić information content (AvgIpc) is 2.06. The van der Waals surface area contributed by atoms with Gasteiger partial charge in [-0.15, -0.1) is 0 Å².